The van der Waals surface area contributed by atoms with E-state index in [2.05, 4.69) is 21.4 Å². The predicted molar refractivity (Wildman–Crippen MR) is 102 cm³/mol. The van der Waals surface area contributed by atoms with Gasteiger partial charge in [0.15, 0.2) is 0 Å². The van der Waals surface area contributed by atoms with Crippen molar-refractivity contribution in [2.45, 2.75) is 19.6 Å². The number of hydrogen-bond acceptors (Lipinski definition) is 7. The number of thioether (sulfide) groups is 1. The molecule has 2 rings (SSSR count). The molecular weight excluding hydrogens is 455 g/mol. The number of rotatable bonds is 5. The monoisotopic (exact) mass is 462 g/mol. The molecule has 11 heteroatoms. The summed E-state index contributed by atoms with van der Waals surface area (Å²) in [5.74, 6) is 4.48. The van der Waals surface area contributed by atoms with Gasteiger partial charge in [-0.25, -0.2) is 13.7 Å². The van der Waals surface area contributed by atoms with E-state index in [0.29, 0.717) is 4.90 Å². The van der Waals surface area contributed by atoms with E-state index in [1.807, 2.05) is 0 Å². The van der Waals surface area contributed by atoms with E-state index in [1.54, 1.807) is 0 Å². The Hall–Kier alpha value is -1.69. The van der Waals surface area contributed by atoms with Crippen LogP contribution in [0.2, 0.25) is 10.0 Å². The van der Waals surface area contributed by atoms with E-state index in [0.717, 1.165) is 30.0 Å². The number of terminal acetylenes is 1. The summed E-state index contributed by atoms with van der Waals surface area (Å²) in [6, 6.07) is 6.85. The molecule has 6 nitrogen and oxygen atoms in total. The van der Waals surface area contributed by atoms with Gasteiger partial charge in [-0.1, -0.05) is 23.2 Å². The highest BCUT2D eigenvalue weighted by Crippen LogP contribution is 2.33. The molecule has 0 unspecified atom stereocenters. The Labute approximate surface area is 170 Å². The third-order valence-corrected chi connectivity index (χ3v) is 7.54. The Morgan fingerprint density at radius 3 is 2.19 bits per heavy atom. The summed E-state index contributed by atoms with van der Waals surface area (Å²) in [4.78, 5) is -0.889. The van der Waals surface area contributed by atoms with Crippen LogP contribution in [0.5, 0.6) is 0 Å². The average molecular weight is 463 g/mol. The number of benzene rings is 2. The molecule has 2 aromatic carbocycles. The standard InChI is InChI=1S/C16H8Cl2O6S3/c1-2-3-8-25-15-9-11(4-6-13(15)17)26(20,21)12-5-7-14(18)16(10-12)27(22,23)24-19/h1,4-7,9-10,19H. The molecule has 0 spiro atoms. The summed E-state index contributed by atoms with van der Waals surface area (Å²) in [6.07, 6.45) is 5.03. The highest BCUT2D eigenvalue weighted by molar-refractivity contribution is 8.04. The molecule has 0 radical (unpaired) electrons. The van der Waals surface area contributed by atoms with Gasteiger partial charge in [-0.3, -0.25) is 0 Å². The van der Waals surface area contributed by atoms with Crippen molar-refractivity contribution >= 4 is 54.9 Å². The van der Waals surface area contributed by atoms with Gasteiger partial charge in [0, 0.05) is 4.90 Å². The average Bonchev–Trinajstić information content (AvgIpc) is 2.63. The smallest absolute Gasteiger partial charge is 0.235 e. The number of halogens is 2. The van der Waals surface area contributed by atoms with Gasteiger partial charge in [0.25, 0.3) is 0 Å². The van der Waals surface area contributed by atoms with Crippen LogP contribution < -0.4 is 0 Å². The van der Waals surface area contributed by atoms with E-state index < -0.39 is 24.9 Å². The molecule has 0 fully saturated rings. The molecular formula is C16H8Cl2O6S3. The predicted octanol–water partition coefficient (Wildman–Crippen LogP) is 3.69. The third kappa shape index (κ3) is 4.78. The van der Waals surface area contributed by atoms with Crippen molar-refractivity contribution in [1.29, 1.82) is 0 Å². The van der Waals surface area contributed by atoms with Crippen LogP contribution in [-0.4, -0.2) is 22.1 Å². The van der Waals surface area contributed by atoms with Crippen molar-refractivity contribution < 1.29 is 26.4 Å². The first kappa shape index (κ1) is 21.6. The van der Waals surface area contributed by atoms with Crippen molar-refractivity contribution in [2.75, 3.05) is 0 Å². The minimum absolute atomic E-state index is 0.160. The van der Waals surface area contributed by atoms with Crippen LogP contribution in [0.1, 0.15) is 0 Å². The molecule has 0 atom stereocenters. The zero-order valence-electron chi connectivity index (χ0n) is 13.0. The van der Waals surface area contributed by atoms with Crippen molar-refractivity contribution in [3.05, 3.63) is 46.4 Å². The Kier molecular flexibility index (Phi) is 6.84. The van der Waals surface area contributed by atoms with Gasteiger partial charge in [0.2, 0.25) is 9.84 Å². The maximum absolute atomic E-state index is 12.8. The second kappa shape index (κ2) is 8.55. The van der Waals surface area contributed by atoms with Crippen molar-refractivity contribution in [1.82, 2.24) is 0 Å². The summed E-state index contributed by atoms with van der Waals surface area (Å²) in [5.41, 5.74) is 0. The molecule has 0 aliphatic heterocycles. The van der Waals surface area contributed by atoms with Crippen LogP contribution in [0.25, 0.3) is 0 Å². The van der Waals surface area contributed by atoms with Gasteiger partial charge in [-0.15, -0.1) is 10.8 Å². The lowest BCUT2D eigenvalue weighted by molar-refractivity contribution is -0.130. The van der Waals surface area contributed by atoms with E-state index in [1.165, 1.54) is 18.2 Å². The fourth-order valence-electron chi connectivity index (χ4n) is 1.86. The van der Waals surface area contributed by atoms with Gasteiger partial charge >= 0.3 is 10.1 Å². The van der Waals surface area contributed by atoms with Gasteiger partial charge in [0.05, 0.1) is 19.8 Å². The molecule has 1 N–H and O–H groups in total. The summed E-state index contributed by atoms with van der Waals surface area (Å²) >= 11 is 12.7. The van der Waals surface area contributed by atoms with Crippen molar-refractivity contribution in [3.8, 4) is 23.5 Å². The van der Waals surface area contributed by atoms with Gasteiger partial charge < -0.3 is 0 Å². The molecule has 0 amide bonds. The number of sulfone groups is 1. The van der Waals surface area contributed by atoms with E-state index in [9.17, 15) is 16.8 Å². The van der Waals surface area contributed by atoms with Crippen LogP contribution in [0.4, 0.5) is 0 Å². The normalized spacial score (nSPS) is 11.3. The van der Waals surface area contributed by atoms with Crippen LogP contribution >= 0.6 is 35.0 Å². The first-order valence-electron chi connectivity index (χ1n) is 6.68. The maximum atomic E-state index is 12.8. The molecule has 0 bridgehead atoms. The van der Waals surface area contributed by atoms with E-state index >= 15 is 0 Å². The Bertz CT molecular complexity index is 1200. The lowest BCUT2D eigenvalue weighted by atomic mass is 10.3. The fraction of sp³-hybridized carbons (Fsp3) is 0. The summed E-state index contributed by atoms with van der Waals surface area (Å²) < 4.78 is 52.5. The third-order valence-electron chi connectivity index (χ3n) is 3.08. The minimum atomic E-state index is -4.63. The second-order valence-corrected chi connectivity index (χ2v) is 9.80. The molecule has 0 saturated heterocycles. The zero-order chi connectivity index (χ0) is 20.2. The van der Waals surface area contributed by atoms with Crippen molar-refractivity contribution in [2.24, 2.45) is 0 Å². The summed E-state index contributed by atoms with van der Waals surface area (Å²) in [6.45, 7) is 0. The molecule has 0 aliphatic carbocycles. The zero-order valence-corrected chi connectivity index (χ0v) is 17.0. The SMILES string of the molecule is C#CC#CSc1cc(S(=O)(=O)c2ccc(Cl)c(S(=O)(=O)OO)c2)ccc1Cl. The van der Waals surface area contributed by atoms with E-state index in [4.69, 9.17) is 34.9 Å². The first-order chi connectivity index (χ1) is 12.6. The molecule has 27 heavy (non-hydrogen) atoms. The molecule has 0 aliphatic rings. The Morgan fingerprint density at radius 2 is 1.59 bits per heavy atom. The lowest BCUT2D eigenvalue weighted by Crippen LogP contribution is -2.07. The van der Waals surface area contributed by atoms with Gasteiger partial charge in [0.1, 0.15) is 4.90 Å². The van der Waals surface area contributed by atoms with Crippen LogP contribution in [0, 0.1) is 23.5 Å². The Morgan fingerprint density at radius 1 is 1.00 bits per heavy atom. The highest BCUT2D eigenvalue weighted by atomic mass is 35.5. The molecule has 140 valence electrons. The van der Waals surface area contributed by atoms with Gasteiger partial charge in [-0.2, -0.15) is 8.42 Å². The van der Waals surface area contributed by atoms with Crippen LogP contribution in [-0.2, 0) is 24.3 Å². The first-order valence-corrected chi connectivity index (χ1v) is 11.1. The second-order valence-electron chi connectivity index (χ2n) is 4.69. The molecule has 0 heterocycles. The van der Waals surface area contributed by atoms with Gasteiger partial charge in [-0.05, 0) is 65.3 Å². The van der Waals surface area contributed by atoms with E-state index in [-0.39, 0.29) is 19.8 Å². The summed E-state index contributed by atoms with van der Waals surface area (Å²) in [5, 5.41) is 11.0. The fourth-order valence-corrected chi connectivity index (χ4v) is 5.18. The maximum Gasteiger partial charge on any atom is 0.324 e. The largest absolute Gasteiger partial charge is 0.324 e. The van der Waals surface area contributed by atoms with Crippen LogP contribution in [0.3, 0.4) is 0 Å². The Balaban J connectivity index is 2.59. The highest BCUT2D eigenvalue weighted by Gasteiger charge is 2.25. The molecule has 0 aromatic heterocycles. The molecule has 0 saturated carbocycles. The number of hydrogen-bond donors (Lipinski definition) is 1. The molecule has 2 aromatic rings. The van der Waals surface area contributed by atoms with Crippen molar-refractivity contribution in [3.63, 3.8) is 0 Å². The quantitative estimate of drug-likeness (QED) is 0.313. The van der Waals surface area contributed by atoms with Crippen LogP contribution in [0.15, 0.2) is 56.0 Å². The summed E-state index contributed by atoms with van der Waals surface area (Å²) in [7, 11) is -8.76. The topological polar surface area (TPSA) is 97.7 Å². The lowest BCUT2D eigenvalue weighted by Gasteiger charge is -2.09. The minimum Gasteiger partial charge on any atom is -0.235 e.